The van der Waals surface area contributed by atoms with Gasteiger partial charge in [0.25, 0.3) is 0 Å². The van der Waals surface area contributed by atoms with Gasteiger partial charge in [-0.25, -0.2) is 0 Å². The molecule has 1 fully saturated rings. The minimum atomic E-state index is -0.0932. The van der Waals surface area contributed by atoms with Crippen molar-refractivity contribution >= 4 is 12.4 Å². The molecule has 1 saturated carbocycles. The zero-order valence-corrected chi connectivity index (χ0v) is 28.6. The fourth-order valence-electron chi connectivity index (χ4n) is 5.24. The van der Waals surface area contributed by atoms with Crippen LogP contribution in [0.5, 0.6) is 5.75 Å². The van der Waals surface area contributed by atoms with Crippen molar-refractivity contribution in [2.24, 2.45) is 4.99 Å². The molecule has 0 amide bonds. The average Bonchev–Trinajstić information content (AvgIpc) is 2.90. The predicted octanol–water partition coefficient (Wildman–Crippen LogP) is 10.3. The Balaban J connectivity index is 0.000000307. The number of aliphatic imine (C=N–C) groups is 1. The lowest BCUT2D eigenvalue weighted by Crippen LogP contribution is -2.20. The molecule has 0 heterocycles. The van der Waals surface area contributed by atoms with Crippen LogP contribution in [-0.4, -0.2) is 23.6 Å². The number of nitrogens with one attached hydrogen (secondary N) is 1. The molecular formula is C38H57N3O. The van der Waals surface area contributed by atoms with Crippen LogP contribution in [0.4, 0.5) is 0 Å². The van der Waals surface area contributed by atoms with E-state index >= 15 is 0 Å². The van der Waals surface area contributed by atoms with E-state index in [2.05, 4.69) is 107 Å². The van der Waals surface area contributed by atoms with Crippen molar-refractivity contribution in [3.8, 4) is 11.8 Å². The van der Waals surface area contributed by atoms with Crippen molar-refractivity contribution in [2.45, 2.75) is 149 Å². The molecule has 1 aliphatic rings. The summed E-state index contributed by atoms with van der Waals surface area (Å²) in [5, 5.41) is 27.7. The Bertz CT molecular complexity index is 1300. The monoisotopic (exact) mass is 571 g/mol. The minimum absolute atomic E-state index is 0.0196. The second-order valence-corrected chi connectivity index (χ2v) is 15.8. The second kappa shape index (κ2) is 13.6. The maximum Gasteiger partial charge on any atom is 0.128 e. The van der Waals surface area contributed by atoms with Crippen molar-refractivity contribution in [1.29, 1.82) is 10.7 Å². The normalized spacial score (nSPS) is 15.2. The van der Waals surface area contributed by atoms with Gasteiger partial charge in [0, 0.05) is 35.2 Å². The summed E-state index contributed by atoms with van der Waals surface area (Å²) >= 11 is 0. The number of hydrogen-bond donors (Lipinski definition) is 2. The molecule has 4 heteroatoms. The van der Waals surface area contributed by atoms with Gasteiger partial charge < -0.3 is 10.5 Å². The van der Waals surface area contributed by atoms with E-state index in [9.17, 15) is 10.4 Å². The van der Waals surface area contributed by atoms with Crippen LogP contribution >= 0.6 is 0 Å². The van der Waals surface area contributed by atoms with Gasteiger partial charge in [0.15, 0.2) is 0 Å². The summed E-state index contributed by atoms with van der Waals surface area (Å²) in [5.74, 6) is 0.411. The summed E-state index contributed by atoms with van der Waals surface area (Å²) in [6.45, 7) is 26.0. The highest BCUT2D eigenvalue weighted by Gasteiger charge is 2.27. The largest absolute Gasteiger partial charge is 0.507 e. The summed E-state index contributed by atoms with van der Waals surface area (Å²) in [4.78, 5) is 4.80. The van der Waals surface area contributed by atoms with Gasteiger partial charge in [-0.3, -0.25) is 4.99 Å². The van der Waals surface area contributed by atoms with Crippen LogP contribution in [0, 0.1) is 16.7 Å². The number of nitrogens with zero attached hydrogens (tertiary/aromatic N) is 2. The van der Waals surface area contributed by atoms with E-state index in [0.29, 0.717) is 17.4 Å². The molecule has 0 aliphatic heterocycles. The highest BCUT2D eigenvalue weighted by molar-refractivity contribution is 5.85. The van der Waals surface area contributed by atoms with Gasteiger partial charge in [0.05, 0.1) is 5.56 Å². The third-order valence-corrected chi connectivity index (χ3v) is 8.73. The lowest BCUT2D eigenvalue weighted by atomic mass is 9.77. The Labute approximate surface area is 257 Å². The lowest BCUT2D eigenvalue weighted by molar-refractivity contribution is 0.425. The van der Waals surface area contributed by atoms with Crippen LogP contribution in [0.15, 0.2) is 29.3 Å². The van der Waals surface area contributed by atoms with E-state index in [1.54, 1.807) is 0 Å². The van der Waals surface area contributed by atoms with Crippen molar-refractivity contribution < 1.29 is 5.11 Å². The van der Waals surface area contributed by atoms with Gasteiger partial charge in [-0.2, -0.15) is 5.26 Å². The van der Waals surface area contributed by atoms with Crippen molar-refractivity contribution in [1.82, 2.24) is 0 Å². The Morgan fingerprint density at radius 1 is 0.810 bits per heavy atom. The van der Waals surface area contributed by atoms with Crippen LogP contribution in [0.25, 0.3) is 0 Å². The second-order valence-electron chi connectivity index (χ2n) is 15.8. The van der Waals surface area contributed by atoms with Gasteiger partial charge in [0.2, 0.25) is 0 Å². The van der Waals surface area contributed by atoms with Crippen LogP contribution < -0.4 is 0 Å². The number of aromatic hydroxyl groups is 1. The lowest BCUT2D eigenvalue weighted by Gasteiger charge is -2.29. The highest BCUT2D eigenvalue weighted by Crippen LogP contribution is 2.39. The Kier molecular flexibility index (Phi) is 11.4. The average molecular weight is 572 g/mol. The van der Waals surface area contributed by atoms with E-state index in [1.807, 2.05) is 12.3 Å². The van der Waals surface area contributed by atoms with E-state index in [-0.39, 0.29) is 21.7 Å². The first kappa shape index (κ1) is 35.3. The van der Waals surface area contributed by atoms with Crippen LogP contribution in [0.2, 0.25) is 0 Å². The molecule has 0 bridgehead atoms. The molecule has 0 aromatic heterocycles. The van der Waals surface area contributed by atoms with Crippen LogP contribution in [-0.2, 0) is 21.7 Å². The molecule has 4 nitrogen and oxygen atoms in total. The van der Waals surface area contributed by atoms with Gasteiger partial charge >= 0.3 is 0 Å². The van der Waals surface area contributed by atoms with Gasteiger partial charge in [-0.15, -0.1) is 0 Å². The van der Waals surface area contributed by atoms with Crippen LogP contribution in [0.3, 0.4) is 0 Å². The van der Waals surface area contributed by atoms with E-state index < -0.39 is 0 Å². The highest BCUT2D eigenvalue weighted by atomic mass is 16.3. The Morgan fingerprint density at radius 3 is 1.74 bits per heavy atom. The fourth-order valence-corrected chi connectivity index (χ4v) is 5.24. The van der Waals surface area contributed by atoms with Crippen molar-refractivity contribution in [3.05, 3.63) is 63.2 Å². The summed E-state index contributed by atoms with van der Waals surface area (Å²) in [6.07, 6.45) is 10.5. The molecule has 3 rings (SSSR count). The maximum atomic E-state index is 10.9. The zero-order chi connectivity index (χ0) is 32.1. The summed E-state index contributed by atoms with van der Waals surface area (Å²) in [7, 11) is 0. The molecule has 0 unspecified atom stereocenters. The standard InChI is InChI=1S/C22H35NO.C16H22N2/c1-7-22(5,6)19-14-17(21(2,3)4)13-16(20(19)24)15-23-18-11-9-8-10-12-18;1-15(2,3)12-7-11(9-17)13(10-18)14(8-12)16(4,5)6/h13-15,18,24H,7-12H2,1-6H3;7-9,17H,1-6H3. The fraction of sp³-hybridized carbons (Fsp3) is 0.605. The summed E-state index contributed by atoms with van der Waals surface area (Å²) < 4.78 is 0. The van der Waals surface area contributed by atoms with Crippen LogP contribution in [0.1, 0.15) is 161 Å². The molecule has 42 heavy (non-hydrogen) atoms. The first-order chi connectivity index (χ1) is 19.3. The first-order valence-corrected chi connectivity index (χ1v) is 15.8. The summed E-state index contributed by atoms with van der Waals surface area (Å²) in [5.41, 5.74) is 6.67. The Hall–Kier alpha value is -2.93. The Morgan fingerprint density at radius 2 is 1.31 bits per heavy atom. The number of phenolic OH excluding ortho intramolecular Hbond substituents is 1. The molecule has 0 spiro atoms. The topological polar surface area (TPSA) is 80.2 Å². The third-order valence-electron chi connectivity index (χ3n) is 8.73. The minimum Gasteiger partial charge on any atom is -0.507 e. The van der Waals surface area contributed by atoms with Gasteiger partial charge in [-0.05, 0) is 69.7 Å². The molecule has 1 aliphatic carbocycles. The maximum absolute atomic E-state index is 10.9. The number of nitriles is 1. The first-order valence-electron chi connectivity index (χ1n) is 15.8. The molecule has 2 aromatic carbocycles. The number of phenols is 1. The predicted molar refractivity (Wildman–Crippen MR) is 181 cm³/mol. The van der Waals surface area contributed by atoms with E-state index in [4.69, 9.17) is 10.4 Å². The van der Waals surface area contributed by atoms with Crippen molar-refractivity contribution in [3.63, 3.8) is 0 Å². The van der Waals surface area contributed by atoms with Crippen molar-refractivity contribution in [2.75, 3.05) is 0 Å². The molecular weight excluding hydrogens is 514 g/mol. The molecule has 0 saturated heterocycles. The summed E-state index contributed by atoms with van der Waals surface area (Å²) in [6, 6.07) is 11.1. The number of benzene rings is 2. The molecule has 0 atom stereocenters. The van der Waals surface area contributed by atoms with E-state index in [0.717, 1.165) is 28.7 Å². The molecule has 2 aromatic rings. The van der Waals surface area contributed by atoms with E-state index in [1.165, 1.54) is 49.4 Å². The SMILES string of the molecule is CC(C)(C)c1cc(C=N)c(C#N)c(C(C)(C)C)c1.CCC(C)(C)c1cc(C(C)(C)C)cc(C=NC2CCCCC2)c1O. The molecule has 0 radical (unpaired) electrons. The zero-order valence-electron chi connectivity index (χ0n) is 28.6. The van der Waals surface area contributed by atoms with Gasteiger partial charge in [-0.1, -0.05) is 114 Å². The van der Waals surface area contributed by atoms with Gasteiger partial charge in [0.1, 0.15) is 11.8 Å². The number of hydrogen-bond acceptors (Lipinski definition) is 4. The molecule has 230 valence electrons. The number of rotatable bonds is 5. The third kappa shape index (κ3) is 9.03. The smallest absolute Gasteiger partial charge is 0.128 e. The quantitative estimate of drug-likeness (QED) is 0.350. The molecule has 2 N–H and O–H groups in total.